The fraction of sp³-hybridized carbons (Fsp3) is 0.400. The van der Waals surface area contributed by atoms with Crippen LogP contribution in [0.4, 0.5) is 39.5 Å². The van der Waals surface area contributed by atoms with E-state index in [1.54, 1.807) is 0 Å². The molecule has 0 spiro atoms. The van der Waals surface area contributed by atoms with Crippen LogP contribution in [0.2, 0.25) is 0 Å². The van der Waals surface area contributed by atoms with E-state index in [0.29, 0.717) is 0 Å². The monoisotopic (exact) mass is 636 g/mol. The maximum absolute atomic E-state index is 14.2. The molecule has 2 aromatic carbocycles. The molecule has 0 atom stereocenters. The molecule has 0 bridgehead atoms. The van der Waals surface area contributed by atoms with Crippen LogP contribution < -0.4 is 0 Å². The van der Waals surface area contributed by atoms with Gasteiger partial charge in [-0.3, -0.25) is 0 Å². The molecular formula is C20H18F9IO3S. The van der Waals surface area contributed by atoms with E-state index in [4.69, 9.17) is 0 Å². The van der Waals surface area contributed by atoms with Crippen molar-refractivity contribution < 1.29 is 50.4 Å². The number of hydrogen-bond acceptors (Lipinski definition) is 3. The summed E-state index contributed by atoms with van der Waals surface area (Å²) in [5.74, 6) is -14.7. The van der Waals surface area contributed by atoms with Crippen molar-refractivity contribution in [1.29, 1.82) is 0 Å². The van der Waals surface area contributed by atoms with E-state index < -0.39 is 53.6 Å². The molecule has 0 aliphatic carbocycles. The van der Waals surface area contributed by atoms with Gasteiger partial charge >= 0.3 is 198 Å². The third-order valence-electron chi connectivity index (χ3n) is 4.42. The second kappa shape index (κ2) is 9.15. The molecule has 0 aliphatic rings. The Bertz CT molecular complexity index is 1090. The van der Waals surface area contributed by atoms with Gasteiger partial charge in [0.15, 0.2) is 0 Å². The van der Waals surface area contributed by atoms with Gasteiger partial charge in [0, 0.05) is 0 Å². The van der Waals surface area contributed by atoms with Gasteiger partial charge in [0.25, 0.3) is 0 Å². The van der Waals surface area contributed by atoms with Crippen molar-refractivity contribution in [1.82, 2.24) is 0 Å². The molecule has 0 heterocycles. The molecule has 34 heavy (non-hydrogen) atoms. The molecule has 3 nitrogen and oxygen atoms in total. The van der Waals surface area contributed by atoms with Crippen LogP contribution in [0, 0.1) is 7.14 Å². The van der Waals surface area contributed by atoms with Gasteiger partial charge in [0.05, 0.1) is 0 Å². The zero-order valence-electron chi connectivity index (χ0n) is 17.6. The normalized spacial score (nSPS) is 14.8. The van der Waals surface area contributed by atoms with Crippen LogP contribution in [0.25, 0.3) is 0 Å². The third-order valence-corrected chi connectivity index (χ3v) is 11.8. The number of alkyl halides is 9. The molecule has 0 saturated heterocycles. The third kappa shape index (κ3) is 5.17. The minimum absolute atomic E-state index is 0.00586. The second-order valence-electron chi connectivity index (χ2n) is 7.98. The van der Waals surface area contributed by atoms with Crippen molar-refractivity contribution in [3.05, 3.63) is 67.3 Å². The van der Waals surface area contributed by atoms with Crippen molar-refractivity contribution in [2.45, 2.75) is 49.5 Å². The van der Waals surface area contributed by atoms with Crippen molar-refractivity contribution in [3.8, 4) is 0 Å². The standard InChI is InChI=1S/C20H18F9IO3S/c1-16(2,3)13-9-11-15(12-10-13)30(14-7-5-4-6-8-14)33-34(31,32)20(28,29)18(23,24)17(21,22)19(25,26)27/h4-12H,1-3H3. The Morgan fingerprint density at radius 2 is 1.12 bits per heavy atom. The van der Waals surface area contributed by atoms with E-state index in [1.807, 2.05) is 20.8 Å². The molecule has 0 fully saturated rings. The van der Waals surface area contributed by atoms with Crippen LogP contribution in [-0.4, -0.2) is 31.7 Å². The van der Waals surface area contributed by atoms with Gasteiger partial charge in [0.2, 0.25) is 0 Å². The number of rotatable bonds is 7. The molecule has 192 valence electrons. The summed E-state index contributed by atoms with van der Waals surface area (Å²) in [6.45, 7) is 5.50. The molecule has 2 rings (SSSR count). The zero-order valence-corrected chi connectivity index (χ0v) is 20.6. The molecule has 0 aliphatic heterocycles. The van der Waals surface area contributed by atoms with Crippen LogP contribution in [0.15, 0.2) is 54.6 Å². The van der Waals surface area contributed by atoms with Gasteiger partial charge in [-0.15, -0.1) is 0 Å². The molecule has 2 aromatic rings. The number of halogens is 10. The predicted molar refractivity (Wildman–Crippen MR) is 114 cm³/mol. The molecule has 0 aromatic heterocycles. The minimum atomic E-state index is -7.36. The summed E-state index contributed by atoms with van der Waals surface area (Å²) in [6.07, 6.45) is -7.16. The Morgan fingerprint density at radius 1 is 0.676 bits per heavy atom. The summed E-state index contributed by atoms with van der Waals surface area (Å²) >= 11 is -4.07. The first-order chi connectivity index (χ1) is 15.2. The summed E-state index contributed by atoms with van der Waals surface area (Å²) in [5.41, 5.74) is 0.347. The van der Waals surface area contributed by atoms with E-state index >= 15 is 0 Å². The topological polar surface area (TPSA) is 43.4 Å². The maximum atomic E-state index is 14.2. The summed E-state index contributed by atoms with van der Waals surface area (Å²) < 4.78 is 148. The van der Waals surface area contributed by atoms with Crippen LogP contribution >= 0.6 is 20.2 Å². The molecule has 14 heteroatoms. The Hall–Kier alpha value is -1.55. The van der Waals surface area contributed by atoms with E-state index in [0.717, 1.165) is 5.56 Å². The van der Waals surface area contributed by atoms with E-state index in [-0.39, 0.29) is 12.6 Å². The van der Waals surface area contributed by atoms with Crippen LogP contribution in [0.5, 0.6) is 0 Å². The summed E-state index contributed by atoms with van der Waals surface area (Å²) in [6, 6.07) is 12.2. The summed E-state index contributed by atoms with van der Waals surface area (Å²) in [7, 11) is -6.99. The van der Waals surface area contributed by atoms with Crippen LogP contribution in [-0.2, 0) is 18.0 Å². The molecule has 0 unspecified atom stereocenters. The van der Waals surface area contributed by atoms with Crippen LogP contribution in [0.3, 0.4) is 0 Å². The van der Waals surface area contributed by atoms with E-state index in [9.17, 15) is 47.9 Å². The van der Waals surface area contributed by atoms with Gasteiger partial charge in [-0.1, -0.05) is 0 Å². The van der Waals surface area contributed by atoms with Gasteiger partial charge < -0.3 is 0 Å². The van der Waals surface area contributed by atoms with E-state index in [2.05, 4.69) is 2.51 Å². The zero-order chi connectivity index (χ0) is 26.4. The predicted octanol–water partition coefficient (Wildman–Crippen LogP) is 7.22. The van der Waals surface area contributed by atoms with Crippen molar-refractivity contribution >= 4 is 30.4 Å². The Balaban J connectivity index is 2.58. The first-order valence-electron chi connectivity index (χ1n) is 9.17. The van der Waals surface area contributed by atoms with Crippen molar-refractivity contribution in [3.63, 3.8) is 0 Å². The van der Waals surface area contributed by atoms with Gasteiger partial charge in [-0.2, -0.15) is 0 Å². The van der Waals surface area contributed by atoms with Gasteiger partial charge in [-0.05, 0) is 0 Å². The Kier molecular flexibility index (Phi) is 7.72. The molecule has 0 saturated carbocycles. The van der Waals surface area contributed by atoms with Crippen molar-refractivity contribution in [2.24, 2.45) is 0 Å². The summed E-state index contributed by atoms with van der Waals surface area (Å²) in [4.78, 5) is 0. The number of hydrogen-bond donors (Lipinski definition) is 0. The molecule has 0 N–H and O–H groups in total. The SMILES string of the molecule is CC(C)(C)c1ccc(I(OS(=O)(=O)C(F)(F)C(F)(F)C(F)(F)C(F)(F)F)c2ccccc2)cc1. The number of benzene rings is 2. The molecule has 0 amide bonds. The fourth-order valence-electron chi connectivity index (χ4n) is 2.43. The van der Waals surface area contributed by atoms with Crippen LogP contribution in [0.1, 0.15) is 26.3 Å². The fourth-order valence-corrected chi connectivity index (χ4v) is 9.41. The summed E-state index contributed by atoms with van der Waals surface area (Å²) in [5, 5.41) is -6.91. The van der Waals surface area contributed by atoms with Gasteiger partial charge in [-0.25, -0.2) is 0 Å². The Morgan fingerprint density at radius 3 is 1.53 bits per heavy atom. The van der Waals surface area contributed by atoms with Gasteiger partial charge in [0.1, 0.15) is 0 Å². The second-order valence-corrected chi connectivity index (χ2v) is 14.5. The molecular weight excluding hydrogens is 618 g/mol. The van der Waals surface area contributed by atoms with E-state index in [1.165, 1.54) is 54.6 Å². The average Bonchev–Trinajstić information content (AvgIpc) is 2.71. The van der Waals surface area contributed by atoms with Crippen molar-refractivity contribution in [2.75, 3.05) is 0 Å². The Labute approximate surface area is 197 Å². The quantitative estimate of drug-likeness (QED) is 0.238. The first-order valence-corrected chi connectivity index (χ1v) is 13.6. The average molecular weight is 636 g/mol. The first kappa shape index (κ1) is 28.7. The molecule has 0 radical (unpaired) electrons.